The lowest BCUT2D eigenvalue weighted by molar-refractivity contribution is 0.509. The Labute approximate surface area is 116 Å². The molecule has 106 valence electrons. The zero-order valence-electron chi connectivity index (χ0n) is 12.8. The molecule has 4 nitrogen and oxygen atoms in total. The van der Waals surface area contributed by atoms with Crippen LogP contribution in [0.2, 0.25) is 0 Å². The first-order chi connectivity index (χ1) is 8.90. The van der Waals surface area contributed by atoms with Crippen LogP contribution in [-0.2, 0) is 6.54 Å². The van der Waals surface area contributed by atoms with Crippen molar-refractivity contribution in [2.24, 2.45) is 0 Å². The molecule has 1 aliphatic rings. The molecule has 2 rings (SSSR count). The molecule has 0 aromatic carbocycles. The van der Waals surface area contributed by atoms with Gasteiger partial charge in [0.2, 0.25) is 5.95 Å². The number of nitrogens with zero attached hydrogens (tertiary/aromatic N) is 3. The third kappa shape index (κ3) is 3.24. The fraction of sp³-hybridized carbons (Fsp3) is 0.733. The van der Waals surface area contributed by atoms with Crippen molar-refractivity contribution in [1.29, 1.82) is 0 Å². The smallest absolute Gasteiger partial charge is 0.225 e. The van der Waals surface area contributed by atoms with Crippen molar-refractivity contribution in [2.75, 3.05) is 11.4 Å². The zero-order chi connectivity index (χ0) is 14.0. The van der Waals surface area contributed by atoms with Gasteiger partial charge in [-0.3, -0.25) is 0 Å². The van der Waals surface area contributed by atoms with E-state index in [4.69, 9.17) is 4.98 Å². The number of hydrogen-bond donors (Lipinski definition) is 1. The van der Waals surface area contributed by atoms with Gasteiger partial charge in [-0.1, -0.05) is 13.8 Å². The van der Waals surface area contributed by atoms with Gasteiger partial charge in [-0.25, -0.2) is 9.97 Å². The van der Waals surface area contributed by atoms with Crippen LogP contribution in [0.1, 0.15) is 51.8 Å². The van der Waals surface area contributed by atoms with Gasteiger partial charge in [0.25, 0.3) is 0 Å². The third-order valence-electron chi connectivity index (χ3n) is 3.91. The lowest BCUT2D eigenvalue weighted by atomic mass is 10.0. The highest BCUT2D eigenvalue weighted by Crippen LogP contribution is 2.31. The molecule has 1 aromatic heterocycles. The minimum Gasteiger partial charge on any atom is -0.336 e. The van der Waals surface area contributed by atoms with Crippen molar-refractivity contribution < 1.29 is 0 Å². The van der Waals surface area contributed by atoms with Crippen molar-refractivity contribution in [3.63, 3.8) is 0 Å². The van der Waals surface area contributed by atoms with Crippen LogP contribution >= 0.6 is 0 Å². The second-order valence-corrected chi connectivity index (χ2v) is 6.38. The SMILES string of the molecule is Cc1nc(N2CCCC2(C)C)ncc1CNC(C)C. The van der Waals surface area contributed by atoms with Crippen LogP contribution in [0, 0.1) is 6.92 Å². The standard InChI is InChI=1S/C15H26N4/c1-11(2)16-9-13-10-17-14(18-12(13)3)19-8-6-7-15(19,4)5/h10-11,16H,6-9H2,1-5H3. The Hall–Kier alpha value is -1.16. The first kappa shape index (κ1) is 14.3. The quantitative estimate of drug-likeness (QED) is 0.905. The summed E-state index contributed by atoms with van der Waals surface area (Å²) in [6.07, 6.45) is 4.42. The Kier molecular flexibility index (Phi) is 4.09. The minimum absolute atomic E-state index is 0.185. The summed E-state index contributed by atoms with van der Waals surface area (Å²) in [4.78, 5) is 11.6. The molecule has 0 unspecified atom stereocenters. The van der Waals surface area contributed by atoms with Gasteiger partial charge in [0.05, 0.1) is 0 Å². The predicted octanol–water partition coefficient (Wildman–Crippen LogP) is 2.66. The summed E-state index contributed by atoms with van der Waals surface area (Å²) in [7, 11) is 0. The molecule has 0 radical (unpaired) electrons. The summed E-state index contributed by atoms with van der Waals surface area (Å²) < 4.78 is 0. The number of aromatic nitrogens is 2. The lowest BCUT2D eigenvalue weighted by Gasteiger charge is -2.31. The van der Waals surface area contributed by atoms with Gasteiger partial charge in [0.1, 0.15) is 0 Å². The third-order valence-corrected chi connectivity index (χ3v) is 3.91. The number of hydrogen-bond acceptors (Lipinski definition) is 4. The maximum Gasteiger partial charge on any atom is 0.225 e. The Morgan fingerprint density at radius 1 is 1.42 bits per heavy atom. The first-order valence-electron chi connectivity index (χ1n) is 7.24. The molecule has 4 heteroatoms. The fourth-order valence-corrected chi connectivity index (χ4v) is 2.58. The van der Waals surface area contributed by atoms with Crippen LogP contribution in [0.15, 0.2) is 6.20 Å². The van der Waals surface area contributed by atoms with Crippen molar-refractivity contribution in [3.8, 4) is 0 Å². The normalized spacial score (nSPS) is 18.3. The highest BCUT2D eigenvalue weighted by molar-refractivity contribution is 5.38. The molecule has 0 spiro atoms. The fourth-order valence-electron chi connectivity index (χ4n) is 2.58. The van der Waals surface area contributed by atoms with E-state index in [2.05, 4.69) is 49.8 Å². The lowest BCUT2D eigenvalue weighted by Crippen LogP contribution is -2.39. The molecule has 1 aromatic rings. The van der Waals surface area contributed by atoms with Gasteiger partial charge in [0, 0.05) is 42.1 Å². The predicted molar refractivity (Wildman–Crippen MR) is 79.4 cm³/mol. The van der Waals surface area contributed by atoms with E-state index >= 15 is 0 Å². The average molecular weight is 262 g/mol. The summed E-state index contributed by atoms with van der Waals surface area (Å²) in [5, 5.41) is 3.41. The summed E-state index contributed by atoms with van der Waals surface area (Å²) in [6.45, 7) is 12.8. The summed E-state index contributed by atoms with van der Waals surface area (Å²) in [5.74, 6) is 0.883. The molecule has 1 saturated heterocycles. The van der Waals surface area contributed by atoms with Crippen molar-refractivity contribution in [3.05, 3.63) is 17.5 Å². The molecular formula is C15H26N4. The molecule has 0 saturated carbocycles. The van der Waals surface area contributed by atoms with Gasteiger partial charge in [-0.2, -0.15) is 0 Å². The molecule has 2 heterocycles. The van der Waals surface area contributed by atoms with E-state index in [-0.39, 0.29) is 5.54 Å². The molecule has 0 aliphatic carbocycles. The molecule has 19 heavy (non-hydrogen) atoms. The highest BCUT2D eigenvalue weighted by atomic mass is 15.3. The molecule has 0 atom stereocenters. The van der Waals surface area contributed by atoms with Crippen LogP contribution in [0.3, 0.4) is 0 Å². The van der Waals surface area contributed by atoms with E-state index in [1.807, 2.05) is 6.20 Å². The zero-order valence-corrected chi connectivity index (χ0v) is 12.8. The number of anilines is 1. The Morgan fingerprint density at radius 2 is 2.16 bits per heavy atom. The van der Waals surface area contributed by atoms with Gasteiger partial charge in [-0.05, 0) is 33.6 Å². The number of rotatable bonds is 4. The number of aryl methyl sites for hydroxylation is 1. The van der Waals surface area contributed by atoms with Gasteiger partial charge < -0.3 is 10.2 Å². The Balaban J connectivity index is 2.14. The topological polar surface area (TPSA) is 41.1 Å². The number of nitrogens with one attached hydrogen (secondary N) is 1. The molecule has 1 N–H and O–H groups in total. The van der Waals surface area contributed by atoms with Crippen molar-refractivity contribution in [1.82, 2.24) is 15.3 Å². The van der Waals surface area contributed by atoms with Gasteiger partial charge >= 0.3 is 0 Å². The van der Waals surface area contributed by atoms with E-state index in [1.54, 1.807) is 0 Å². The van der Waals surface area contributed by atoms with Crippen LogP contribution in [0.4, 0.5) is 5.95 Å². The molecule has 1 aliphatic heterocycles. The second kappa shape index (κ2) is 5.45. The Morgan fingerprint density at radius 3 is 2.68 bits per heavy atom. The monoisotopic (exact) mass is 262 g/mol. The second-order valence-electron chi connectivity index (χ2n) is 6.38. The van der Waals surface area contributed by atoms with Crippen LogP contribution in [0.25, 0.3) is 0 Å². The van der Waals surface area contributed by atoms with Crippen molar-refractivity contribution >= 4 is 5.95 Å². The van der Waals surface area contributed by atoms with Crippen LogP contribution in [0.5, 0.6) is 0 Å². The Bertz CT molecular complexity index is 440. The first-order valence-corrected chi connectivity index (χ1v) is 7.24. The summed E-state index contributed by atoms with van der Waals surface area (Å²) >= 11 is 0. The van der Waals surface area contributed by atoms with Gasteiger partial charge in [0.15, 0.2) is 0 Å². The molecule has 1 fully saturated rings. The summed E-state index contributed by atoms with van der Waals surface area (Å²) in [6, 6.07) is 0.483. The highest BCUT2D eigenvalue weighted by Gasteiger charge is 2.33. The largest absolute Gasteiger partial charge is 0.336 e. The maximum atomic E-state index is 4.70. The van der Waals surface area contributed by atoms with E-state index in [0.29, 0.717) is 6.04 Å². The maximum absolute atomic E-state index is 4.70. The van der Waals surface area contributed by atoms with Crippen molar-refractivity contribution in [2.45, 2.75) is 65.6 Å². The van der Waals surface area contributed by atoms with E-state index in [0.717, 1.165) is 24.7 Å². The molecule has 0 bridgehead atoms. The average Bonchev–Trinajstić information content (AvgIpc) is 2.67. The molecular weight excluding hydrogens is 236 g/mol. The van der Waals surface area contributed by atoms with E-state index in [9.17, 15) is 0 Å². The van der Waals surface area contributed by atoms with Gasteiger partial charge in [-0.15, -0.1) is 0 Å². The summed E-state index contributed by atoms with van der Waals surface area (Å²) in [5.41, 5.74) is 2.46. The minimum atomic E-state index is 0.185. The molecule has 0 amide bonds. The van der Waals surface area contributed by atoms with Crippen LogP contribution < -0.4 is 10.2 Å². The van der Waals surface area contributed by atoms with E-state index in [1.165, 1.54) is 18.4 Å². The van der Waals surface area contributed by atoms with Crippen LogP contribution in [-0.4, -0.2) is 28.1 Å². The van der Waals surface area contributed by atoms with E-state index < -0.39 is 0 Å².